The van der Waals surface area contributed by atoms with Gasteiger partial charge in [0.05, 0.1) is 17.0 Å². The molecule has 1 aromatic carbocycles. The van der Waals surface area contributed by atoms with Crippen LogP contribution in [0.25, 0.3) is 10.3 Å². The highest BCUT2D eigenvalue weighted by Gasteiger charge is 2.33. The van der Waals surface area contributed by atoms with Crippen molar-refractivity contribution in [3.63, 3.8) is 0 Å². The average molecular weight is 413 g/mol. The zero-order valence-corrected chi connectivity index (χ0v) is 15.9. The molecule has 0 spiro atoms. The molecule has 0 saturated heterocycles. The lowest BCUT2D eigenvalue weighted by atomic mass is 10.1. The number of carbonyl (C=O) groups excluding carboxylic acids is 1. The predicted molar refractivity (Wildman–Crippen MR) is 100 cm³/mol. The van der Waals surface area contributed by atoms with Crippen molar-refractivity contribution in [2.45, 2.75) is 11.2 Å². The van der Waals surface area contributed by atoms with Crippen molar-refractivity contribution in [2.75, 3.05) is 30.1 Å². The highest BCUT2D eigenvalue weighted by Crippen LogP contribution is 2.35. The number of hydrogen-bond donors (Lipinski definition) is 1. The fraction of sp³-hybridized carbons (Fsp3) is 0.250. The lowest BCUT2D eigenvalue weighted by molar-refractivity contribution is -0.137. The van der Waals surface area contributed by atoms with E-state index in [2.05, 4.69) is 20.3 Å². The van der Waals surface area contributed by atoms with Gasteiger partial charge in [0.25, 0.3) is 0 Å². The smallest absolute Gasteiger partial charge is 0.354 e. The van der Waals surface area contributed by atoms with Crippen molar-refractivity contribution in [2.24, 2.45) is 0 Å². The van der Waals surface area contributed by atoms with E-state index in [4.69, 9.17) is 0 Å². The molecule has 27 heavy (non-hydrogen) atoms. The van der Waals surface area contributed by atoms with E-state index in [1.165, 1.54) is 35.9 Å². The largest absolute Gasteiger partial charge is 0.418 e. The Bertz CT molecular complexity index is 974. The summed E-state index contributed by atoms with van der Waals surface area (Å²) in [5, 5.41) is 3.62. The maximum Gasteiger partial charge on any atom is 0.418 e. The van der Waals surface area contributed by atoms with Gasteiger partial charge in [-0.15, -0.1) is 0 Å². The van der Waals surface area contributed by atoms with Crippen molar-refractivity contribution in [1.82, 2.24) is 15.0 Å². The van der Waals surface area contributed by atoms with E-state index < -0.39 is 17.6 Å². The highest BCUT2D eigenvalue weighted by molar-refractivity contribution is 8.00. The third-order valence-corrected chi connectivity index (χ3v) is 5.71. The van der Waals surface area contributed by atoms with Gasteiger partial charge in [-0.25, -0.2) is 9.97 Å². The second kappa shape index (κ2) is 7.69. The molecule has 0 aliphatic heterocycles. The van der Waals surface area contributed by atoms with Crippen LogP contribution in [0.1, 0.15) is 5.56 Å². The molecular formula is C16H14F3N5OS2. The molecule has 0 atom stereocenters. The third-order valence-electron chi connectivity index (χ3n) is 3.38. The van der Waals surface area contributed by atoms with Gasteiger partial charge in [0.1, 0.15) is 16.1 Å². The quantitative estimate of drug-likeness (QED) is 0.505. The molecule has 2 aromatic heterocycles. The van der Waals surface area contributed by atoms with Crippen LogP contribution in [0.4, 0.5) is 24.0 Å². The molecule has 0 saturated carbocycles. The molecule has 0 radical (unpaired) electrons. The summed E-state index contributed by atoms with van der Waals surface area (Å²) in [4.78, 5) is 26.6. The molecule has 0 unspecified atom stereocenters. The molecule has 6 nitrogen and oxygen atoms in total. The minimum absolute atomic E-state index is 0.0898. The lowest BCUT2D eigenvalue weighted by Gasteiger charge is -2.13. The number of hydrogen-bond acceptors (Lipinski definition) is 7. The van der Waals surface area contributed by atoms with Crippen LogP contribution >= 0.6 is 23.1 Å². The molecule has 142 valence electrons. The van der Waals surface area contributed by atoms with E-state index in [9.17, 15) is 18.0 Å². The van der Waals surface area contributed by atoms with Crippen LogP contribution in [0.3, 0.4) is 0 Å². The first kappa shape index (κ1) is 19.4. The Labute approximate surface area is 160 Å². The summed E-state index contributed by atoms with van der Waals surface area (Å²) in [7, 11) is 3.70. The summed E-state index contributed by atoms with van der Waals surface area (Å²) in [6, 6.07) is 4.86. The Hall–Kier alpha value is -2.40. The number of amides is 1. The van der Waals surface area contributed by atoms with Gasteiger partial charge in [-0.2, -0.15) is 18.2 Å². The Morgan fingerprint density at radius 3 is 2.70 bits per heavy atom. The monoisotopic (exact) mass is 413 g/mol. The first-order valence-corrected chi connectivity index (χ1v) is 9.43. The number of thiazole rings is 1. The maximum atomic E-state index is 13.0. The van der Waals surface area contributed by atoms with E-state index in [-0.39, 0.29) is 11.4 Å². The van der Waals surface area contributed by atoms with Gasteiger partial charge >= 0.3 is 6.18 Å². The molecule has 3 aromatic rings. The third kappa shape index (κ3) is 4.48. The van der Waals surface area contributed by atoms with Crippen LogP contribution < -0.4 is 10.2 Å². The summed E-state index contributed by atoms with van der Waals surface area (Å²) >= 11 is 2.51. The van der Waals surface area contributed by atoms with Crippen LogP contribution in [0.2, 0.25) is 0 Å². The standard InChI is InChI=1S/C16H14F3N5OS2/c1-24(2)15-23-13-12(27-15)14(21-8-20-13)26-7-11(25)22-10-6-4-3-5-9(10)16(17,18)19/h3-6,8H,7H2,1-2H3,(H,22,25). The second-order valence-corrected chi connectivity index (χ2v) is 7.54. The Morgan fingerprint density at radius 1 is 1.26 bits per heavy atom. The summed E-state index contributed by atoms with van der Waals surface area (Å²) in [6.07, 6.45) is -3.19. The summed E-state index contributed by atoms with van der Waals surface area (Å²) in [5.41, 5.74) is -0.633. The number of fused-ring (bicyclic) bond motifs is 1. The van der Waals surface area contributed by atoms with Gasteiger partial charge in [0.2, 0.25) is 5.91 Å². The second-order valence-electron chi connectivity index (χ2n) is 5.60. The van der Waals surface area contributed by atoms with Gasteiger partial charge < -0.3 is 10.2 Å². The number of benzene rings is 1. The number of aromatic nitrogens is 3. The Morgan fingerprint density at radius 2 is 2.00 bits per heavy atom. The number of halogens is 3. The van der Waals surface area contributed by atoms with Crippen molar-refractivity contribution < 1.29 is 18.0 Å². The number of nitrogens with zero attached hydrogens (tertiary/aromatic N) is 4. The number of anilines is 2. The summed E-state index contributed by atoms with van der Waals surface area (Å²) < 4.78 is 39.8. The van der Waals surface area contributed by atoms with Crippen molar-refractivity contribution in [3.05, 3.63) is 36.2 Å². The summed E-state index contributed by atoms with van der Waals surface area (Å²) in [5.74, 6) is -0.645. The van der Waals surface area contributed by atoms with Crippen LogP contribution in [-0.2, 0) is 11.0 Å². The van der Waals surface area contributed by atoms with Crippen LogP contribution in [0.5, 0.6) is 0 Å². The fourth-order valence-electron chi connectivity index (χ4n) is 2.18. The first-order valence-electron chi connectivity index (χ1n) is 7.63. The van der Waals surface area contributed by atoms with Gasteiger partial charge in [-0.3, -0.25) is 4.79 Å². The van der Waals surface area contributed by atoms with E-state index in [0.717, 1.165) is 27.7 Å². The number of para-hydroxylation sites is 1. The molecule has 0 bridgehead atoms. The SMILES string of the molecule is CN(C)c1nc2ncnc(SCC(=O)Nc3ccccc3C(F)(F)F)c2s1. The molecule has 0 aliphatic rings. The van der Waals surface area contributed by atoms with Crippen LogP contribution in [-0.4, -0.2) is 40.7 Å². The number of rotatable bonds is 5. The molecule has 3 rings (SSSR count). The van der Waals surface area contributed by atoms with Crippen molar-refractivity contribution in [3.8, 4) is 0 Å². The zero-order chi connectivity index (χ0) is 19.6. The summed E-state index contributed by atoms with van der Waals surface area (Å²) in [6.45, 7) is 0. The fourth-order valence-corrected chi connectivity index (χ4v) is 3.99. The first-order chi connectivity index (χ1) is 12.8. The normalized spacial score (nSPS) is 11.6. The average Bonchev–Trinajstić information content (AvgIpc) is 3.04. The number of nitrogens with one attached hydrogen (secondary N) is 1. The van der Waals surface area contributed by atoms with E-state index in [0.29, 0.717) is 10.7 Å². The molecule has 0 fully saturated rings. The van der Waals surface area contributed by atoms with Crippen LogP contribution in [0, 0.1) is 0 Å². The Balaban J connectivity index is 1.73. The Kier molecular flexibility index (Phi) is 5.51. The minimum Gasteiger partial charge on any atom is -0.354 e. The maximum absolute atomic E-state index is 13.0. The van der Waals surface area contributed by atoms with Gasteiger partial charge in [0.15, 0.2) is 10.8 Å². The minimum atomic E-state index is -4.54. The zero-order valence-electron chi connectivity index (χ0n) is 14.2. The highest BCUT2D eigenvalue weighted by atomic mass is 32.2. The molecule has 0 aliphatic carbocycles. The van der Waals surface area contributed by atoms with Gasteiger partial charge in [-0.05, 0) is 12.1 Å². The molecule has 2 heterocycles. The van der Waals surface area contributed by atoms with E-state index in [1.54, 1.807) is 0 Å². The van der Waals surface area contributed by atoms with Crippen molar-refractivity contribution >= 4 is 50.2 Å². The topological polar surface area (TPSA) is 71.0 Å². The van der Waals surface area contributed by atoms with Gasteiger partial charge in [0, 0.05) is 14.1 Å². The van der Waals surface area contributed by atoms with Gasteiger partial charge in [-0.1, -0.05) is 35.2 Å². The number of carbonyl (C=O) groups is 1. The predicted octanol–water partition coefficient (Wildman–Crippen LogP) is 3.90. The number of alkyl halides is 3. The van der Waals surface area contributed by atoms with Crippen molar-refractivity contribution in [1.29, 1.82) is 0 Å². The number of thioether (sulfide) groups is 1. The molecular weight excluding hydrogens is 399 g/mol. The van der Waals surface area contributed by atoms with E-state index >= 15 is 0 Å². The van der Waals surface area contributed by atoms with E-state index in [1.807, 2.05) is 19.0 Å². The molecule has 1 amide bonds. The molecule has 1 N–H and O–H groups in total. The lowest BCUT2D eigenvalue weighted by Crippen LogP contribution is -2.18. The molecule has 11 heteroatoms. The van der Waals surface area contributed by atoms with Crippen LogP contribution in [0.15, 0.2) is 35.6 Å².